The first-order valence-electron chi connectivity index (χ1n) is 9.68. The molecule has 1 N–H and O–H groups in total. The number of nitrogens with zero attached hydrogens (tertiary/aromatic N) is 3. The number of fused-ring (bicyclic) bond motifs is 1. The van der Waals surface area contributed by atoms with Crippen molar-refractivity contribution in [3.63, 3.8) is 0 Å². The van der Waals surface area contributed by atoms with Gasteiger partial charge in [-0.25, -0.2) is 36.5 Å². The molecule has 168 valence electrons. The number of ether oxygens (including phenoxy) is 1. The molecule has 0 atom stereocenters. The first kappa shape index (κ1) is 22.0. The molecule has 2 aromatic heterocycles. The Morgan fingerprint density at radius 1 is 1.25 bits per heavy atom. The number of allylic oxidation sites excluding steroid dienone is 1. The quantitative estimate of drug-likeness (QED) is 0.591. The Balaban J connectivity index is 1.71. The number of methoxy groups -OCH3 is 1. The van der Waals surface area contributed by atoms with Gasteiger partial charge >= 0.3 is 0 Å². The molecule has 32 heavy (non-hydrogen) atoms. The highest BCUT2D eigenvalue weighted by atomic mass is 32.2. The fourth-order valence-corrected chi connectivity index (χ4v) is 4.63. The third-order valence-corrected chi connectivity index (χ3v) is 6.67. The highest BCUT2D eigenvalue weighted by molar-refractivity contribution is 7.91. The van der Waals surface area contributed by atoms with Gasteiger partial charge in [0.25, 0.3) is 6.43 Å². The number of rotatable bonds is 6. The third kappa shape index (κ3) is 4.38. The second-order valence-corrected chi connectivity index (χ2v) is 9.43. The summed E-state index contributed by atoms with van der Waals surface area (Å²) < 4.78 is 69.2. The van der Waals surface area contributed by atoms with Crippen LogP contribution >= 0.6 is 0 Å². The zero-order chi connectivity index (χ0) is 22.9. The van der Waals surface area contributed by atoms with Gasteiger partial charge in [0.15, 0.2) is 9.84 Å². The summed E-state index contributed by atoms with van der Waals surface area (Å²) in [5, 5.41) is 3.49. The van der Waals surface area contributed by atoms with E-state index in [-0.39, 0.29) is 29.5 Å². The number of hydrogen-bond acceptors (Lipinski definition) is 7. The summed E-state index contributed by atoms with van der Waals surface area (Å²) in [6.45, 7) is -0.0839. The lowest BCUT2D eigenvalue weighted by molar-refractivity contribution is 0.146. The van der Waals surface area contributed by atoms with Crippen LogP contribution in [0.1, 0.15) is 29.7 Å². The summed E-state index contributed by atoms with van der Waals surface area (Å²) >= 11 is 0. The maximum absolute atomic E-state index is 14.4. The second kappa shape index (κ2) is 8.73. The molecule has 0 saturated carbocycles. The number of nitrogens with one attached hydrogen (secondary N) is 1. The van der Waals surface area contributed by atoms with Crippen LogP contribution in [0.25, 0.3) is 16.5 Å². The minimum absolute atomic E-state index is 0.0248. The van der Waals surface area contributed by atoms with Gasteiger partial charge in [-0.1, -0.05) is 24.3 Å². The molecule has 0 aliphatic carbocycles. The van der Waals surface area contributed by atoms with Gasteiger partial charge in [0.1, 0.15) is 23.5 Å². The van der Waals surface area contributed by atoms with Crippen LogP contribution in [0, 0.1) is 5.82 Å². The van der Waals surface area contributed by atoms with E-state index < -0.39 is 27.6 Å². The van der Waals surface area contributed by atoms with Crippen molar-refractivity contribution in [2.45, 2.75) is 19.4 Å². The van der Waals surface area contributed by atoms with Gasteiger partial charge in [-0.05, 0) is 18.1 Å². The molecule has 4 rings (SSSR count). The standard InChI is InChI=1S/C21H19F3N4O3S/c1-31-21-18-15(9-16(28-21)12-5-7-32(29,30)8-6-12)20(27-11-26-18)25-10-13-3-2-4-14(17(13)22)19(23)24/h2-5,9,11,19H,6-8,10H2,1H3,(H,25,26,27). The van der Waals surface area contributed by atoms with E-state index in [9.17, 15) is 21.6 Å². The van der Waals surface area contributed by atoms with Crippen LogP contribution in [0.2, 0.25) is 0 Å². The highest BCUT2D eigenvalue weighted by Crippen LogP contribution is 2.32. The zero-order valence-electron chi connectivity index (χ0n) is 17.0. The van der Waals surface area contributed by atoms with Crippen molar-refractivity contribution >= 4 is 32.1 Å². The van der Waals surface area contributed by atoms with Crippen LogP contribution in [0.5, 0.6) is 5.88 Å². The number of pyridine rings is 1. The molecule has 0 amide bonds. The van der Waals surface area contributed by atoms with Crippen LogP contribution in [0.15, 0.2) is 36.7 Å². The molecule has 0 spiro atoms. The molecule has 0 radical (unpaired) electrons. The third-order valence-electron chi connectivity index (χ3n) is 5.17. The highest BCUT2D eigenvalue weighted by Gasteiger charge is 2.21. The predicted molar refractivity (Wildman–Crippen MR) is 114 cm³/mol. The molecule has 1 aromatic carbocycles. The number of hydrogen-bond donors (Lipinski definition) is 1. The minimum Gasteiger partial charge on any atom is -0.479 e. The maximum Gasteiger partial charge on any atom is 0.266 e. The van der Waals surface area contributed by atoms with Crippen LogP contribution in [-0.2, 0) is 16.4 Å². The maximum atomic E-state index is 14.4. The monoisotopic (exact) mass is 464 g/mol. The fraction of sp³-hybridized carbons (Fsp3) is 0.286. The zero-order valence-corrected chi connectivity index (χ0v) is 17.8. The Hall–Kier alpha value is -3.21. The Kier molecular flexibility index (Phi) is 6.00. The Labute approximate surface area is 182 Å². The van der Waals surface area contributed by atoms with E-state index in [0.29, 0.717) is 28.8 Å². The van der Waals surface area contributed by atoms with Crippen LogP contribution in [0.4, 0.5) is 19.0 Å². The summed E-state index contributed by atoms with van der Waals surface area (Å²) in [5.41, 5.74) is 1.08. The SMILES string of the molecule is COc1nc(C2=CCS(=O)(=O)CC2)cc2c(NCc3cccc(C(F)F)c3F)ncnc12. The van der Waals surface area contributed by atoms with Gasteiger partial charge in [0.2, 0.25) is 5.88 Å². The summed E-state index contributed by atoms with van der Waals surface area (Å²) in [5.74, 6) is -0.454. The average molecular weight is 464 g/mol. The number of alkyl halides is 2. The minimum atomic E-state index is -3.10. The normalized spacial score (nSPS) is 15.6. The Bertz CT molecular complexity index is 1310. The van der Waals surface area contributed by atoms with E-state index in [1.165, 1.54) is 25.6 Å². The largest absolute Gasteiger partial charge is 0.479 e. The number of aromatic nitrogens is 3. The van der Waals surface area contributed by atoms with E-state index in [4.69, 9.17) is 4.74 Å². The van der Waals surface area contributed by atoms with Gasteiger partial charge in [-0.3, -0.25) is 0 Å². The summed E-state index contributed by atoms with van der Waals surface area (Å²) in [6.07, 6.45) is 0.299. The van der Waals surface area contributed by atoms with E-state index in [1.54, 1.807) is 12.1 Å². The lowest BCUT2D eigenvalue weighted by Crippen LogP contribution is -2.15. The summed E-state index contributed by atoms with van der Waals surface area (Å²) in [6, 6.07) is 5.53. The lowest BCUT2D eigenvalue weighted by atomic mass is 10.1. The first-order chi connectivity index (χ1) is 15.3. The van der Waals surface area contributed by atoms with Crippen molar-refractivity contribution in [2.24, 2.45) is 0 Å². The number of benzene rings is 1. The van der Waals surface area contributed by atoms with Gasteiger partial charge in [0.05, 0.1) is 35.3 Å². The number of sulfone groups is 1. The summed E-state index contributed by atoms with van der Waals surface area (Å²) in [7, 11) is -1.67. The molecule has 3 heterocycles. The average Bonchev–Trinajstić information content (AvgIpc) is 2.77. The molecule has 1 aliphatic heterocycles. The fourth-order valence-electron chi connectivity index (χ4n) is 3.48. The molecule has 0 bridgehead atoms. The molecule has 3 aromatic rings. The second-order valence-electron chi connectivity index (χ2n) is 7.20. The molecule has 0 fully saturated rings. The van der Waals surface area contributed by atoms with Crippen molar-refractivity contribution < 1.29 is 26.3 Å². The summed E-state index contributed by atoms with van der Waals surface area (Å²) in [4.78, 5) is 12.9. The van der Waals surface area contributed by atoms with E-state index in [0.717, 1.165) is 11.6 Å². The van der Waals surface area contributed by atoms with Gasteiger partial charge in [-0.15, -0.1) is 0 Å². The topological polar surface area (TPSA) is 94.1 Å². The van der Waals surface area contributed by atoms with Crippen molar-refractivity contribution in [3.8, 4) is 5.88 Å². The van der Waals surface area contributed by atoms with Gasteiger partial charge in [0, 0.05) is 12.1 Å². The number of anilines is 1. The van der Waals surface area contributed by atoms with Gasteiger partial charge in [-0.2, -0.15) is 0 Å². The molecular weight excluding hydrogens is 445 g/mol. The van der Waals surface area contributed by atoms with Crippen molar-refractivity contribution in [2.75, 3.05) is 23.9 Å². The van der Waals surface area contributed by atoms with E-state index >= 15 is 0 Å². The molecule has 1 aliphatic rings. The molecule has 0 saturated heterocycles. The number of halogens is 3. The van der Waals surface area contributed by atoms with E-state index in [2.05, 4.69) is 20.3 Å². The molecule has 0 unspecified atom stereocenters. The van der Waals surface area contributed by atoms with Crippen molar-refractivity contribution in [1.29, 1.82) is 0 Å². The molecular formula is C21H19F3N4O3S. The van der Waals surface area contributed by atoms with Crippen molar-refractivity contribution in [1.82, 2.24) is 15.0 Å². The smallest absolute Gasteiger partial charge is 0.266 e. The van der Waals surface area contributed by atoms with E-state index in [1.807, 2.05) is 0 Å². The first-order valence-corrected chi connectivity index (χ1v) is 11.5. The predicted octanol–water partition coefficient (Wildman–Crippen LogP) is 3.92. The molecule has 11 heteroatoms. The lowest BCUT2D eigenvalue weighted by Gasteiger charge is -2.16. The van der Waals surface area contributed by atoms with Crippen LogP contribution < -0.4 is 10.1 Å². The Morgan fingerprint density at radius 2 is 2.06 bits per heavy atom. The van der Waals surface area contributed by atoms with Crippen molar-refractivity contribution in [3.05, 3.63) is 59.3 Å². The molecule has 7 nitrogen and oxygen atoms in total. The Morgan fingerprint density at radius 3 is 2.75 bits per heavy atom. The van der Waals surface area contributed by atoms with Crippen LogP contribution in [0.3, 0.4) is 0 Å². The van der Waals surface area contributed by atoms with Gasteiger partial charge < -0.3 is 10.1 Å². The van der Waals surface area contributed by atoms with Crippen LogP contribution in [-0.4, -0.2) is 42.0 Å².